The second-order valence-electron chi connectivity index (χ2n) is 8.89. The number of hydrogen-bond acceptors (Lipinski definition) is 6. The number of aromatic nitrogens is 1. The summed E-state index contributed by atoms with van der Waals surface area (Å²) in [6.07, 6.45) is -2.00. The lowest BCUT2D eigenvalue weighted by atomic mass is 10.1. The van der Waals surface area contributed by atoms with Crippen LogP contribution in [0.1, 0.15) is 34.5 Å². The minimum Gasteiger partial charge on any atom is -0.455 e. The molecule has 1 aliphatic heterocycles. The number of carbonyl (C=O) groups excluding carboxylic acids is 2. The number of ether oxygens (including phenoxy) is 1. The van der Waals surface area contributed by atoms with Crippen molar-refractivity contribution in [2.75, 3.05) is 18.1 Å². The van der Waals surface area contributed by atoms with Crippen molar-refractivity contribution in [2.45, 2.75) is 36.9 Å². The van der Waals surface area contributed by atoms with Gasteiger partial charge in [0.25, 0.3) is 11.8 Å². The van der Waals surface area contributed by atoms with Gasteiger partial charge in [-0.3, -0.25) is 9.59 Å². The average Bonchev–Trinajstić information content (AvgIpc) is 3.40. The molecule has 3 aromatic rings. The number of aryl methyl sites for hydroxylation is 1. The van der Waals surface area contributed by atoms with E-state index in [1.54, 1.807) is 0 Å². The molecule has 8 nitrogen and oxygen atoms in total. The number of hydrogen-bond donors (Lipinski definition) is 2. The Hall–Kier alpha value is -3.84. The molecule has 2 N–H and O–H groups in total. The lowest BCUT2D eigenvalue weighted by Gasteiger charge is -2.16. The number of pyridine rings is 1. The first-order valence-electron chi connectivity index (χ1n) is 11.8. The summed E-state index contributed by atoms with van der Waals surface area (Å²) in [7, 11) is -3.15. The molecule has 1 aromatic heterocycles. The third-order valence-electron chi connectivity index (χ3n) is 5.93. The van der Waals surface area contributed by atoms with Gasteiger partial charge in [-0.15, -0.1) is 0 Å². The number of nitrogens with one attached hydrogen (secondary N) is 2. The normalized spacial score (nSPS) is 16.8. The molecule has 0 saturated carbocycles. The van der Waals surface area contributed by atoms with Gasteiger partial charge in [0.15, 0.2) is 0 Å². The van der Waals surface area contributed by atoms with Gasteiger partial charge < -0.3 is 15.4 Å². The van der Waals surface area contributed by atoms with E-state index in [0.29, 0.717) is 19.0 Å². The molecule has 2 amide bonds. The van der Waals surface area contributed by atoms with Crippen LogP contribution in [0.25, 0.3) is 0 Å². The molecular weight excluding hydrogens is 540 g/mol. The van der Waals surface area contributed by atoms with Gasteiger partial charge in [0, 0.05) is 16.8 Å². The largest absolute Gasteiger partial charge is 0.455 e. The Morgan fingerprint density at radius 2 is 1.90 bits per heavy atom. The number of carbonyl (C=O) groups is 2. The summed E-state index contributed by atoms with van der Waals surface area (Å²) in [6, 6.07) is 9.86. The molecule has 13 heteroatoms. The van der Waals surface area contributed by atoms with Crippen molar-refractivity contribution >= 4 is 27.2 Å². The number of alkyl halides is 3. The first kappa shape index (κ1) is 28.2. The predicted octanol–water partition coefficient (Wildman–Crippen LogP) is 5.33. The molecule has 206 valence electrons. The Morgan fingerprint density at radius 1 is 1.13 bits per heavy atom. The summed E-state index contributed by atoms with van der Waals surface area (Å²) < 4.78 is 76.2. The molecule has 1 aliphatic rings. The van der Waals surface area contributed by atoms with Crippen molar-refractivity contribution in [1.29, 1.82) is 0 Å². The van der Waals surface area contributed by atoms with Crippen LogP contribution in [-0.2, 0) is 20.7 Å². The highest BCUT2D eigenvalue weighted by atomic mass is 32.2. The Labute approximate surface area is 222 Å². The van der Waals surface area contributed by atoms with Crippen molar-refractivity contribution in [3.63, 3.8) is 0 Å². The Morgan fingerprint density at radius 3 is 2.56 bits per heavy atom. The van der Waals surface area contributed by atoms with Crippen molar-refractivity contribution in [3.05, 3.63) is 77.4 Å². The lowest BCUT2D eigenvalue weighted by molar-refractivity contribution is -0.137. The maximum atomic E-state index is 13.4. The van der Waals surface area contributed by atoms with Crippen molar-refractivity contribution in [1.82, 2.24) is 10.3 Å². The third-order valence-corrected chi connectivity index (χ3v) is 7.59. The van der Waals surface area contributed by atoms with Crippen molar-refractivity contribution in [3.8, 4) is 11.5 Å². The molecular formula is C26H24F4N4O4S. The van der Waals surface area contributed by atoms with Gasteiger partial charge in [0.1, 0.15) is 11.5 Å². The molecule has 0 spiro atoms. The highest BCUT2D eigenvalue weighted by Gasteiger charge is 2.32. The number of rotatable bonds is 6. The van der Waals surface area contributed by atoms with Crippen LogP contribution >= 0.6 is 0 Å². The molecule has 1 fully saturated rings. The topological polar surface area (TPSA) is 110 Å². The molecule has 2 aromatic carbocycles. The van der Waals surface area contributed by atoms with Crippen LogP contribution in [0, 0.1) is 12.9 Å². The second-order valence-corrected chi connectivity index (χ2v) is 11.2. The van der Waals surface area contributed by atoms with Crippen LogP contribution in [0.5, 0.6) is 11.5 Å². The van der Waals surface area contributed by atoms with E-state index in [2.05, 4.69) is 20.0 Å². The quantitative estimate of drug-likeness (QED) is 0.310. The minimum absolute atomic E-state index is 0.0412. The van der Waals surface area contributed by atoms with Gasteiger partial charge >= 0.3 is 6.18 Å². The SMILES string of the molecule is Cc1nc(F)ccc1Oc1cc(C(F)(F)F)ccc1C(=O)Nc1cccc([S@@](C)(=O)=NC(=O)[C@@H]2CCCN2)c1. The van der Waals surface area contributed by atoms with Crippen LogP contribution in [0.3, 0.4) is 0 Å². The van der Waals surface area contributed by atoms with E-state index >= 15 is 0 Å². The fourth-order valence-corrected chi connectivity index (χ4v) is 5.16. The molecule has 0 aliphatic carbocycles. The fourth-order valence-electron chi connectivity index (χ4n) is 3.91. The maximum Gasteiger partial charge on any atom is 0.416 e. The Balaban J connectivity index is 1.63. The monoisotopic (exact) mass is 564 g/mol. The summed E-state index contributed by atoms with van der Waals surface area (Å²) in [5.41, 5.74) is -1.08. The van der Waals surface area contributed by atoms with Gasteiger partial charge in [-0.2, -0.15) is 21.9 Å². The van der Waals surface area contributed by atoms with Gasteiger partial charge in [0.05, 0.1) is 32.6 Å². The fraction of sp³-hybridized carbons (Fsp3) is 0.269. The predicted molar refractivity (Wildman–Crippen MR) is 136 cm³/mol. The van der Waals surface area contributed by atoms with Crippen molar-refractivity contribution in [2.24, 2.45) is 4.36 Å². The molecule has 0 bridgehead atoms. The van der Waals surface area contributed by atoms with E-state index in [4.69, 9.17) is 4.74 Å². The van der Waals surface area contributed by atoms with E-state index in [1.807, 2.05) is 0 Å². The summed E-state index contributed by atoms with van der Waals surface area (Å²) in [5, 5.41) is 5.54. The summed E-state index contributed by atoms with van der Waals surface area (Å²) in [5.74, 6) is -2.62. The lowest BCUT2D eigenvalue weighted by Crippen LogP contribution is -2.30. The van der Waals surface area contributed by atoms with Gasteiger partial charge in [-0.1, -0.05) is 6.07 Å². The molecule has 0 unspecified atom stereocenters. The highest BCUT2D eigenvalue weighted by Crippen LogP contribution is 2.36. The van der Waals surface area contributed by atoms with Gasteiger partial charge in [-0.25, -0.2) is 9.19 Å². The van der Waals surface area contributed by atoms with Crippen LogP contribution < -0.4 is 15.4 Å². The first-order valence-corrected chi connectivity index (χ1v) is 13.7. The van der Waals surface area contributed by atoms with Crippen molar-refractivity contribution < 1.29 is 36.1 Å². The molecule has 39 heavy (non-hydrogen) atoms. The molecule has 1 saturated heterocycles. The van der Waals surface area contributed by atoms with Crippen LogP contribution in [0.2, 0.25) is 0 Å². The Kier molecular flexibility index (Phi) is 8.02. The zero-order chi connectivity index (χ0) is 28.4. The highest BCUT2D eigenvalue weighted by molar-refractivity contribution is 7.93. The Bertz CT molecular complexity index is 1550. The van der Waals surface area contributed by atoms with E-state index in [-0.39, 0.29) is 27.6 Å². The zero-order valence-electron chi connectivity index (χ0n) is 20.8. The number of anilines is 1. The summed E-state index contributed by atoms with van der Waals surface area (Å²) in [4.78, 5) is 29.3. The number of benzene rings is 2. The standard InChI is InChI=1S/C26H24F4N4O4S/c1-15-21(10-11-23(27)32-15)38-22-13-16(26(28,29)30)8-9-19(22)24(35)33-17-5-3-6-18(14-17)39(2,37)34-25(36)20-7-4-12-31-20/h3,5-6,8-11,13-14,20,31H,4,7,12H2,1-2H3,(H,33,35)/t20-,39+/m0/s1. The van der Waals surface area contributed by atoms with Crippen LogP contribution in [-0.4, -0.2) is 39.8 Å². The molecule has 2 atom stereocenters. The third kappa shape index (κ3) is 6.79. The summed E-state index contributed by atoms with van der Waals surface area (Å²) >= 11 is 0. The smallest absolute Gasteiger partial charge is 0.416 e. The van der Waals surface area contributed by atoms with E-state index in [0.717, 1.165) is 24.6 Å². The zero-order valence-corrected chi connectivity index (χ0v) is 21.7. The average molecular weight is 565 g/mol. The number of nitrogens with zero attached hydrogens (tertiary/aromatic N) is 2. The van der Waals surface area contributed by atoms with Gasteiger partial charge in [0.2, 0.25) is 5.95 Å². The van der Waals surface area contributed by atoms with Gasteiger partial charge in [-0.05, 0) is 74.8 Å². The number of halogens is 4. The van der Waals surface area contributed by atoms with Crippen LogP contribution in [0.15, 0.2) is 63.9 Å². The van der Waals surface area contributed by atoms with E-state index < -0.39 is 51.0 Å². The minimum atomic E-state index is -4.71. The molecule has 4 rings (SSSR count). The molecule has 0 radical (unpaired) electrons. The van der Waals surface area contributed by atoms with Crippen LogP contribution in [0.4, 0.5) is 23.2 Å². The maximum absolute atomic E-state index is 13.4. The summed E-state index contributed by atoms with van der Waals surface area (Å²) in [6.45, 7) is 2.07. The first-order chi connectivity index (χ1) is 18.3. The molecule has 2 heterocycles. The number of amides is 2. The van der Waals surface area contributed by atoms with E-state index in [9.17, 15) is 31.4 Å². The van der Waals surface area contributed by atoms with E-state index in [1.165, 1.54) is 43.5 Å². The second kappa shape index (κ2) is 11.1.